The fraction of sp³-hybridized carbons (Fsp3) is 0.462. The molecule has 2 aromatic rings. The van der Waals surface area contributed by atoms with Crippen LogP contribution in [0.25, 0.3) is 0 Å². The number of esters is 1. The summed E-state index contributed by atoms with van der Waals surface area (Å²) >= 11 is 0. The molecule has 0 saturated heterocycles. The standard InChI is InChI=1S/C26H34O4Si/c1-26(2,3)31(21-11-7-5-8-12-21,22-13-9-6-10-14-22)30-24-16-15-20(19-25(28)29-4)23(24)17-18-27/h5-14,18,20,23-24H,15-17,19H2,1-4H3/t20-,23+,24+/m1/s1. The van der Waals surface area contributed by atoms with Crippen LogP contribution < -0.4 is 10.4 Å². The summed E-state index contributed by atoms with van der Waals surface area (Å²) in [6, 6.07) is 21.1. The first-order chi connectivity index (χ1) is 14.8. The van der Waals surface area contributed by atoms with Crippen molar-refractivity contribution in [1.29, 1.82) is 0 Å². The van der Waals surface area contributed by atoms with Gasteiger partial charge in [-0.1, -0.05) is 81.4 Å². The highest BCUT2D eigenvalue weighted by atomic mass is 28.4. The molecule has 2 aromatic carbocycles. The molecule has 3 rings (SSSR count). The van der Waals surface area contributed by atoms with Gasteiger partial charge in [-0.15, -0.1) is 0 Å². The van der Waals surface area contributed by atoms with Crippen LogP contribution in [-0.2, 0) is 18.8 Å². The number of methoxy groups -OCH3 is 1. The molecule has 31 heavy (non-hydrogen) atoms. The van der Waals surface area contributed by atoms with Gasteiger partial charge in [0.25, 0.3) is 8.32 Å². The summed E-state index contributed by atoms with van der Waals surface area (Å²) in [7, 11) is -1.28. The summed E-state index contributed by atoms with van der Waals surface area (Å²) in [5.74, 6) is -0.0777. The van der Waals surface area contributed by atoms with Crippen LogP contribution in [0.1, 0.15) is 46.5 Å². The molecule has 0 aliphatic heterocycles. The second-order valence-electron chi connectivity index (χ2n) is 9.50. The Bertz CT molecular complexity index is 820. The lowest BCUT2D eigenvalue weighted by atomic mass is 9.89. The van der Waals surface area contributed by atoms with Gasteiger partial charge in [0.2, 0.25) is 0 Å². The molecule has 1 fully saturated rings. The van der Waals surface area contributed by atoms with E-state index in [-0.39, 0.29) is 28.9 Å². The number of ether oxygens (including phenoxy) is 1. The number of benzene rings is 2. The van der Waals surface area contributed by atoms with Crippen molar-refractivity contribution >= 4 is 30.9 Å². The molecule has 4 nitrogen and oxygen atoms in total. The molecule has 1 saturated carbocycles. The molecule has 0 radical (unpaired) electrons. The Kier molecular flexibility index (Phi) is 7.49. The predicted octanol–water partition coefficient (Wildman–Crippen LogP) is 4.11. The van der Waals surface area contributed by atoms with Gasteiger partial charge >= 0.3 is 5.97 Å². The Balaban J connectivity index is 2.06. The molecular formula is C26H34O4Si. The van der Waals surface area contributed by atoms with Crippen molar-refractivity contribution in [1.82, 2.24) is 0 Å². The van der Waals surface area contributed by atoms with E-state index in [0.717, 1.165) is 19.1 Å². The Labute approximate surface area is 187 Å². The number of rotatable bonds is 8. The summed E-state index contributed by atoms with van der Waals surface area (Å²) in [6.07, 6.45) is 3.38. The van der Waals surface area contributed by atoms with Crippen LogP contribution in [0.3, 0.4) is 0 Å². The fourth-order valence-corrected chi connectivity index (χ4v) is 9.94. The van der Waals surface area contributed by atoms with Crippen molar-refractivity contribution in [3.8, 4) is 0 Å². The van der Waals surface area contributed by atoms with Gasteiger partial charge in [-0.2, -0.15) is 0 Å². The molecule has 3 atom stereocenters. The molecule has 1 aliphatic rings. The monoisotopic (exact) mass is 438 g/mol. The first-order valence-corrected chi connectivity index (χ1v) is 13.0. The minimum absolute atomic E-state index is 0.0262. The van der Waals surface area contributed by atoms with Crippen LogP contribution >= 0.6 is 0 Å². The summed E-state index contributed by atoms with van der Waals surface area (Å²) in [5, 5.41) is 2.34. The van der Waals surface area contributed by atoms with Crippen LogP contribution in [0, 0.1) is 11.8 Å². The highest BCUT2D eigenvalue weighted by molar-refractivity contribution is 6.99. The van der Waals surface area contributed by atoms with Gasteiger partial charge in [0.05, 0.1) is 7.11 Å². The quantitative estimate of drug-likeness (QED) is 0.354. The van der Waals surface area contributed by atoms with Crippen molar-refractivity contribution in [2.24, 2.45) is 11.8 Å². The Hall–Kier alpha value is -2.24. The van der Waals surface area contributed by atoms with Crippen LogP contribution in [0.4, 0.5) is 0 Å². The normalized spacial score (nSPS) is 21.6. The molecular weight excluding hydrogens is 404 g/mol. The van der Waals surface area contributed by atoms with Gasteiger partial charge in [0.15, 0.2) is 0 Å². The Morgan fingerprint density at radius 1 is 1.00 bits per heavy atom. The van der Waals surface area contributed by atoms with Gasteiger partial charge in [-0.3, -0.25) is 4.79 Å². The third-order valence-electron chi connectivity index (χ3n) is 6.67. The van der Waals surface area contributed by atoms with Gasteiger partial charge in [-0.25, -0.2) is 0 Å². The minimum Gasteiger partial charge on any atom is -0.469 e. The van der Waals surface area contributed by atoms with Crippen LogP contribution in [0.15, 0.2) is 60.7 Å². The molecule has 0 spiro atoms. The molecule has 0 unspecified atom stereocenters. The zero-order chi connectivity index (χ0) is 22.5. The Morgan fingerprint density at radius 3 is 2.00 bits per heavy atom. The zero-order valence-corrected chi connectivity index (χ0v) is 20.0. The average molecular weight is 439 g/mol. The number of carbonyl (C=O) groups is 2. The second kappa shape index (κ2) is 9.92. The first-order valence-electron chi connectivity index (χ1n) is 11.1. The SMILES string of the molecule is COC(=O)C[C@H]1CC[C@H](O[Si](c2ccccc2)(c2ccccc2)C(C)(C)C)[C@H]1CC=O. The number of hydrogen-bond acceptors (Lipinski definition) is 4. The molecule has 0 amide bonds. The molecule has 0 N–H and O–H groups in total. The summed E-state index contributed by atoms with van der Waals surface area (Å²) < 4.78 is 12.2. The van der Waals surface area contributed by atoms with Crippen molar-refractivity contribution in [3.05, 3.63) is 60.7 Å². The van der Waals surface area contributed by atoms with E-state index < -0.39 is 8.32 Å². The van der Waals surface area contributed by atoms with E-state index >= 15 is 0 Å². The van der Waals surface area contributed by atoms with Crippen LogP contribution in [-0.4, -0.2) is 33.8 Å². The number of hydrogen-bond donors (Lipinski definition) is 0. The van der Waals surface area contributed by atoms with E-state index in [9.17, 15) is 9.59 Å². The van der Waals surface area contributed by atoms with Crippen molar-refractivity contribution in [2.75, 3.05) is 7.11 Å². The largest absolute Gasteiger partial charge is 0.469 e. The van der Waals surface area contributed by atoms with Crippen LogP contribution in [0.2, 0.25) is 5.04 Å². The van der Waals surface area contributed by atoms with Gasteiger partial charge in [-0.05, 0) is 40.1 Å². The molecule has 1 aliphatic carbocycles. The average Bonchev–Trinajstić information content (AvgIpc) is 3.13. The molecule has 5 heteroatoms. The van der Waals surface area contributed by atoms with E-state index in [4.69, 9.17) is 9.16 Å². The minimum atomic E-state index is -2.70. The highest BCUT2D eigenvalue weighted by Crippen LogP contribution is 2.44. The van der Waals surface area contributed by atoms with Crippen LogP contribution in [0.5, 0.6) is 0 Å². The van der Waals surface area contributed by atoms with Gasteiger partial charge in [0.1, 0.15) is 6.29 Å². The third kappa shape index (κ3) is 4.83. The lowest BCUT2D eigenvalue weighted by Gasteiger charge is -2.45. The van der Waals surface area contributed by atoms with E-state index in [1.165, 1.54) is 17.5 Å². The van der Waals surface area contributed by atoms with Crippen molar-refractivity contribution < 1.29 is 18.8 Å². The third-order valence-corrected chi connectivity index (χ3v) is 11.7. The smallest absolute Gasteiger partial charge is 0.305 e. The maximum Gasteiger partial charge on any atom is 0.305 e. The fourth-order valence-electron chi connectivity index (χ4n) is 5.18. The lowest BCUT2D eigenvalue weighted by molar-refractivity contribution is -0.142. The lowest BCUT2D eigenvalue weighted by Crippen LogP contribution is -2.68. The van der Waals surface area contributed by atoms with Crippen molar-refractivity contribution in [2.45, 2.75) is 57.6 Å². The van der Waals surface area contributed by atoms with E-state index in [1.54, 1.807) is 0 Å². The maximum atomic E-state index is 12.0. The van der Waals surface area contributed by atoms with E-state index in [2.05, 4.69) is 69.3 Å². The molecule has 0 heterocycles. The maximum absolute atomic E-state index is 12.0. The number of aldehydes is 1. The summed E-state index contributed by atoms with van der Waals surface area (Å²) in [4.78, 5) is 23.5. The molecule has 0 bridgehead atoms. The van der Waals surface area contributed by atoms with E-state index in [0.29, 0.717) is 12.8 Å². The summed E-state index contributed by atoms with van der Waals surface area (Å²) in [5.41, 5.74) is 0. The van der Waals surface area contributed by atoms with Crippen molar-refractivity contribution in [3.63, 3.8) is 0 Å². The molecule has 166 valence electrons. The second-order valence-corrected chi connectivity index (χ2v) is 13.8. The van der Waals surface area contributed by atoms with E-state index in [1.807, 2.05) is 12.1 Å². The first kappa shape index (κ1) is 23.4. The Morgan fingerprint density at radius 2 is 1.55 bits per heavy atom. The highest BCUT2D eigenvalue weighted by Gasteiger charge is 2.53. The number of carbonyl (C=O) groups excluding carboxylic acids is 2. The van der Waals surface area contributed by atoms with Gasteiger partial charge in [0, 0.05) is 18.9 Å². The predicted molar refractivity (Wildman–Crippen MR) is 126 cm³/mol. The topological polar surface area (TPSA) is 52.6 Å². The van der Waals surface area contributed by atoms with Gasteiger partial charge < -0.3 is 14.0 Å². The zero-order valence-electron chi connectivity index (χ0n) is 19.0. The summed E-state index contributed by atoms with van der Waals surface area (Å²) in [6.45, 7) is 6.78. The molecule has 0 aromatic heterocycles.